The molecule has 3 heteroatoms. The van der Waals surface area contributed by atoms with Gasteiger partial charge in [-0.1, -0.05) is 6.07 Å². The second-order valence-electron chi connectivity index (χ2n) is 4.26. The van der Waals surface area contributed by atoms with Gasteiger partial charge in [-0.15, -0.1) is 22.7 Å². The van der Waals surface area contributed by atoms with Gasteiger partial charge >= 0.3 is 0 Å². The predicted molar refractivity (Wildman–Crippen MR) is 71.3 cm³/mol. The maximum atomic E-state index is 10.4. The van der Waals surface area contributed by atoms with Crippen LogP contribution in [0.3, 0.4) is 0 Å². The van der Waals surface area contributed by atoms with E-state index in [1.807, 2.05) is 13.0 Å². The summed E-state index contributed by atoms with van der Waals surface area (Å²) >= 11 is 3.44. The van der Waals surface area contributed by atoms with Gasteiger partial charge in [0.25, 0.3) is 0 Å². The minimum absolute atomic E-state index is 0.692. The molecule has 1 unspecified atom stereocenters. The molecule has 0 aliphatic carbocycles. The van der Waals surface area contributed by atoms with Crippen molar-refractivity contribution in [2.24, 2.45) is 0 Å². The maximum Gasteiger partial charge on any atom is 0.0963 e. The molecule has 0 aliphatic heterocycles. The van der Waals surface area contributed by atoms with Gasteiger partial charge in [0.1, 0.15) is 0 Å². The normalized spacial score (nSPS) is 14.9. The van der Waals surface area contributed by atoms with Crippen molar-refractivity contribution in [2.45, 2.75) is 32.3 Å². The van der Waals surface area contributed by atoms with Gasteiger partial charge in [0.2, 0.25) is 0 Å². The van der Waals surface area contributed by atoms with E-state index >= 15 is 0 Å². The molecule has 0 saturated heterocycles. The van der Waals surface area contributed by atoms with Gasteiger partial charge in [0, 0.05) is 14.6 Å². The predicted octanol–water partition coefficient (Wildman–Crippen LogP) is 3.96. The number of hydrogen-bond acceptors (Lipinski definition) is 3. The summed E-state index contributed by atoms with van der Waals surface area (Å²) in [6, 6.07) is 8.29. The van der Waals surface area contributed by atoms with Crippen LogP contribution in [0.25, 0.3) is 0 Å². The molecular formula is C13H16OS2. The molecule has 1 nitrogen and oxygen atoms in total. The van der Waals surface area contributed by atoms with Gasteiger partial charge < -0.3 is 5.11 Å². The molecule has 0 fully saturated rings. The largest absolute Gasteiger partial charge is 0.385 e. The highest BCUT2D eigenvalue weighted by Crippen LogP contribution is 2.32. The number of thiophene rings is 2. The first kappa shape index (κ1) is 11.8. The van der Waals surface area contributed by atoms with E-state index in [1.54, 1.807) is 22.7 Å². The van der Waals surface area contributed by atoms with Crippen LogP contribution in [0, 0.1) is 6.92 Å². The number of hydrogen-bond donors (Lipinski definition) is 1. The average Bonchev–Trinajstić information content (AvgIpc) is 2.85. The fourth-order valence-corrected chi connectivity index (χ4v) is 3.32. The standard InChI is InChI=1S/C13H16OS2/c1-10-5-6-12(16-10)13(2,14)8-7-11-4-3-9-15-11/h3-6,9,14H,7-8H2,1-2H3. The van der Waals surface area contributed by atoms with Gasteiger partial charge in [-0.25, -0.2) is 0 Å². The lowest BCUT2D eigenvalue weighted by Gasteiger charge is -2.21. The van der Waals surface area contributed by atoms with Gasteiger partial charge in [0.05, 0.1) is 5.60 Å². The highest BCUT2D eigenvalue weighted by atomic mass is 32.1. The summed E-state index contributed by atoms with van der Waals surface area (Å²) in [6.07, 6.45) is 1.73. The fourth-order valence-electron chi connectivity index (χ4n) is 1.67. The van der Waals surface area contributed by atoms with E-state index in [0.29, 0.717) is 0 Å². The second-order valence-corrected chi connectivity index (χ2v) is 6.58. The Morgan fingerprint density at radius 1 is 1.31 bits per heavy atom. The molecule has 0 bridgehead atoms. The van der Waals surface area contributed by atoms with Crippen LogP contribution in [0.5, 0.6) is 0 Å². The quantitative estimate of drug-likeness (QED) is 0.873. The highest BCUT2D eigenvalue weighted by molar-refractivity contribution is 7.12. The minimum atomic E-state index is -0.692. The van der Waals surface area contributed by atoms with Crippen molar-refractivity contribution >= 4 is 22.7 Å². The lowest BCUT2D eigenvalue weighted by atomic mass is 9.98. The van der Waals surface area contributed by atoms with Crippen LogP contribution in [-0.4, -0.2) is 5.11 Å². The van der Waals surface area contributed by atoms with Gasteiger partial charge in [-0.05, 0) is 50.3 Å². The Bertz CT molecular complexity index is 440. The summed E-state index contributed by atoms with van der Waals surface area (Å²) in [5, 5.41) is 12.5. The first-order valence-electron chi connectivity index (χ1n) is 5.39. The molecule has 86 valence electrons. The Hall–Kier alpha value is -0.640. The maximum absolute atomic E-state index is 10.4. The molecule has 0 saturated carbocycles. The van der Waals surface area contributed by atoms with E-state index in [0.717, 1.165) is 17.7 Å². The molecular weight excluding hydrogens is 236 g/mol. The first-order chi connectivity index (χ1) is 7.58. The molecule has 1 atom stereocenters. The van der Waals surface area contributed by atoms with Crippen molar-refractivity contribution in [2.75, 3.05) is 0 Å². The zero-order chi connectivity index (χ0) is 11.6. The Balaban J connectivity index is 2.02. The highest BCUT2D eigenvalue weighted by Gasteiger charge is 2.24. The number of aliphatic hydroxyl groups is 1. The van der Waals surface area contributed by atoms with E-state index in [4.69, 9.17) is 0 Å². The van der Waals surface area contributed by atoms with Crippen molar-refractivity contribution < 1.29 is 5.11 Å². The van der Waals surface area contributed by atoms with Crippen LogP contribution in [0.15, 0.2) is 29.6 Å². The average molecular weight is 252 g/mol. The summed E-state index contributed by atoms with van der Waals surface area (Å²) in [4.78, 5) is 3.67. The molecule has 0 aromatic carbocycles. The molecule has 2 aromatic heterocycles. The Morgan fingerprint density at radius 2 is 2.12 bits per heavy atom. The van der Waals surface area contributed by atoms with E-state index in [9.17, 15) is 5.11 Å². The van der Waals surface area contributed by atoms with Crippen LogP contribution < -0.4 is 0 Å². The van der Waals surface area contributed by atoms with Crippen LogP contribution in [0.1, 0.15) is 28.0 Å². The monoisotopic (exact) mass is 252 g/mol. The lowest BCUT2D eigenvalue weighted by Crippen LogP contribution is -2.20. The molecule has 2 aromatic rings. The molecule has 2 heterocycles. The van der Waals surface area contributed by atoms with Crippen LogP contribution in [-0.2, 0) is 12.0 Å². The Labute approximate surface area is 104 Å². The van der Waals surface area contributed by atoms with Crippen molar-refractivity contribution in [3.8, 4) is 0 Å². The summed E-state index contributed by atoms with van der Waals surface area (Å²) in [5.74, 6) is 0. The topological polar surface area (TPSA) is 20.2 Å². The number of rotatable bonds is 4. The molecule has 0 amide bonds. The Morgan fingerprint density at radius 3 is 2.69 bits per heavy atom. The van der Waals surface area contributed by atoms with Crippen molar-refractivity contribution in [3.63, 3.8) is 0 Å². The molecule has 2 rings (SSSR count). The van der Waals surface area contributed by atoms with Crippen molar-refractivity contribution in [1.82, 2.24) is 0 Å². The van der Waals surface area contributed by atoms with E-state index in [1.165, 1.54) is 9.75 Å². The minimum Gasteiger partial charge on any atom is -0.385 e. The third-order valence-corrected chi connectivity index (χ3v) is 4.90. The zero-order valence-corrected chi connectivity index (χ0v) is 11.2. The second kappa shape index (κ2) is 4.70. The Kier molecular flexibility index (Phi) is 3.47. The lowest BCUT2D eigenvalue weighted by molar-refractivity contribution is 0.0521. The molecule has 0 spiro atoms. The summed E-state index contributed by atoms with van der Waals surface area (Å²) in [6.45, 7) is 3.98. The smallest absolute Gasteiger partial charge is 0.0963 e. The van der Waals surface area contributed by atoms with E-state index < -0.39 is 5.60 Å². The first-order valence-corrected chi connectivity index (χ1v) is 7.09. The SMILES string of the molecule is Cc1ccc(C(C)(O)CCc2cccs2)s1. The van der Waals surface area contributed by atoms with Gasteiger partial charge in [0.15, 0.2) is 0 Å². The molecule has 16 heavy (non-hydrogen) atoms. The molecule has 0 radical (unpaired) electrons. The fraction of sp³-hybridized carbons (Fsp3) is 0.385. The van der Waals surface area contributed by atoms with Crippen molar-refractivity contribution in [1.29, 1.82) is 0 Å². The third kappa shape index (κ3) is 2.73. The van der Waals surface area contributed by atoms with E-state index in [2.05, 4.69) is 30.5 Å². The summed E-state index contributed by atoms with van der Waals surface area (Å²) in [7, 11) is 0. The zero-order valence-electron chi connectivity index (χ0n) is 9.56. The third-order valence-electron chi connectivity index (χ3n) is 2.71. The summed E-state index contributed by atoms with van der Waals surface area (Å²) < 4.78 is 0. The van der Waals surface area contributed by atoms with Crippen LogP contribution >= 0.6 is 22.7 Å². The van der Waals surface area contributed by atoms with Crippen LogP contribution in [0.2, 0.25) is 0 Å². The van der Waals surface area contributed by atoms with E-state index in [-0.39, 0.29) is 0 Å². The molecule has 1 N–H and O–H groups in total. The van der Waals surface area contributed by atoms with Crippen LogP contribution in [0.4, 0.5) is 0 Å². The summed E-state index contributed by atoms with van der Waals surface area (Å²) in [5.41, 5.74) is -0.692. The van der Waals surface area contributed by atoms with Gasteiger partial charge in [-0.3, -0.25) is 0 Å². The number of aryl methyl sites for hydroxylation is 2. The van der Waals surface area contributed by atoms with Gasteiger partial charge in [-0.2, -0.15) is 0 Å². The van der Waals surface area contributed by atoms with Crippen molar-refractivity contribution in [3.05, 3.63) is 44.3 Å². The molecule has 0 aliphatic rings.